The van der Waals surface area contributed by atoms with Crippen LogP contribution in [0.2, 0.25) is 0 Å². The molecule has 22 heavy (non-hydrogen) atoms. The van der Waals surface area contributed by atoms with Gasteiger partial charge < -0.3 is 19.7 Å². The Balaban J connectivity index is 1.86. The van der Waals surface area contributed by atoms with Crippen LogP contribution < -0.4 is 14.8 Å². The molecule has 5 nitrogen and oxygen atoms in total. The van der Waals surface area contributed by atoms with Crippen molar-refractivity contribution in [2.24, 2.45) is 0 Å². The highest BCUT2D eigenvalue weighted by atomic mass is 16.5. The minimum Gasteiger partial charge on any atom is -0.497 e. The third-order valence-corrected chi connectivity index (χ3v) is 4.35. The fourth-order valence-corrected chi connectivity index (χ4v) is 2.95. The molecule has 0 spiro atoms. The van der Waals surface area contributed by atoms with E-state index in [1.54, 1.807) is 32.4 Å². The van der Waals surface area contributed by atoms with Crippen LogP contribution in [0.25, 0.3) is 0 Å². The molecule has 1 aromatic rings. The normalized spacial score (nSPS) is 15.1. The Labute approximate surface area is 132 Å². The van der Waals surface area contributed by atoms with Gasteiger partial charge in [0.15, 0.2) is 0 Å². The Bertz CT molecular complexity index is 499. The Kier molecular flexibility index (Phi) is 6.07. The molecule has 0 radical (unpaired) electrons. The van der Waals surface area contributed by atoms with Crippen molar-refractivity contribution in [1.82, 2.24) is 10.2 Å². The van der Waals surface area contributed by atoms with Gasteiger partial charge in [0.2, 0.25) is 0 Å². The van der Waals surface area contributed by atoms with Crippen molar-refractivity contribution >= 4 is 5.91 Å². The second-order valence-corrected chi connectivity index (χ2v) is 5.74. The van der Waals surface area contributed by atoms with Crippen LogP contribution in [-0.2, 0) is 0 Å². The first kappa shape index (κ1) is 16.6. The van der Waals surface area contributed by atoms with E-state index >= 15 is 0 Å². The number of benzene rings is 1. The minimum atomic E-state index is -0.112. The lowest BCUT2D eigenvalue weighted by molar-refractivity contribution is 0.0944. The van der Waals surface area contributed by atoms with Crippen molar-refractivity contribution in [2.75, 3.05) is 34.4 Å². The molecule has 1 amide bonds. The molecule has 0 aromatic heterocycles. The molecular weight excluding hydrogens is 280 g/mol. The van der Waals surface area contributed by atoms with E-state index in [9.17, 15) is 4.79 Å². The summed E-state index contributed by atoms with van der Waals surface area (Å²) in [4.78, 5) is 14.6. The first-order valence-corrected chi connectivity index (χ1v) is 7.86. The maximum atomic E-state index is 12.3. The van der Waals surface area contributed by atoms with Gasteiger partial charge in [0.25, 0.3) is 5.91 Å². The van der Waals surface area contributed by atoms with Crippen LogP contribution in [0.1, 0.15) is 36.0 Å². The summed E-state index contributed by atoms with van der Waals surface area (Å²) in [7, 11) is 5.28. The largest absolute Gasteiger partial charge is 0.497 e. The molecule has 1 N–H and O–H groups in total. The van der Waals surface area contributed by atoms with E-state index in [2.05, 4.69) is 17.3 Å². The van der Waals surface area contributed by atoms with Gasteiger partial charge in [0, 0.05) is 25.2 Å². The first-order chi connectivity index (χ1) is 10.7. The van der Waals surface area contributed by atoms with E-state index in [-0.39, 0.29) is 5.91 Å². The summed E-state index contributed by atoms with van der Waals surface area (Å²) < 4.78 is 10.4. The van der Waals surface area contributed by atoms with Crippen LogP contribution in [0, 0.1) is 0 Å². The summed E-state index contributed by atoms with van der Waals surface area (Å²) in [5, 5.41) is 2.96. The molecule has 0 aliphatic heterocycles. The maximum absolute atomic E-state index is 12.3. The first-order valence-electron chi connectivity index (χ1n) is 7.86. The number of nitrogens with zero attached hydrogens (tertiary/aromatic N) is 1. The number of amides is 1. The van der Waals surface area contributed by atoms with Gasteiger partial charge in [-0.05, 0) is 32.0 Å². The van der Waals surface area contributed by atoms with Crippen molar-refractivity contribution in [1.29, 1.82) is 0 Å². The quantitative estimate of drug-likeness (QED) is 0.840. The van der Waals surface area contributed by atoms with Crippen LogP contribution >= 0.6 is 0 Å². The smallest absolute Gasteiger partial charge is 0.255 e. The van der Waals surface area contributed by atoms with Gasteiger partial charge in [-0.25, -0.2) is 0 Å². The van der Waals surface area contributed by atoms with Gasteiger partial charge in [0.05, 0.1) is 19.8 Å². The highest BCUT2D eigenvalue weighted by molar-refractivity contribution is 5.97. The van der Waals surface area contributed by atoms with Crippen molar-refractivity contribution in [3.05, 3.63) is 23.8 Å². The van der Waals surface area contributed by atoms with Gasteiger partial charge >= 0.3 is 0 Å². The van der Waals surface area contributed by atoms with E-state index in [1.165, 1.54) is 25.7 Å². The standard InChI is InChI=1S/C17H26N2O3/c1-19(13-6-4-5-7-13)11-10-18-17(20)15-9-8-14(21-2)12-16(15)22-3/h8-9,12-13H,4-7,10-11H2,1-3H3,(H,18,20). The van der Waals surface area contributed by atoms with Gasteiger partial charge in [-0.1, -0.05) is 12.8 Å². The van der Waals surface area contributed by atoms with E-state index in [0.717, 1.165) is 6.54 Å². The predicted molar refractivity (Wildman–Crippen MR) is 86.8 cm³/mol. The Morgan fingerprint density at radius 2 is 2.00 bits per heavy atom. The minimum absolute atomic E-state index is 0.112. The van der Waals surface area contributed by atoms with Gasteiger partial charge in [-0.2, -0.15) is 0 Å². The van der Waals surface area contributed by atoms with Gasteiger partial charge in [-0.15, -0.1) is 0 Å². The number of rotatable bonds is 7. The summed E-state index contributed by atoms with van der Waals surface area (Å²) in [6.07, 6.45) is 5.20. The number of carbonyl (C=O) groups is 1. The number of methoxy groups -OCH3 is 2. The highest BCUT2D eigenvalue weighted by Crippen LogP contribution is 2.24. The van der Waals surface area contributed by atoms with E-state index in [4.69, 9.17) is 9.47 Å². The van der Waals surface area contributed by atoms with Crippen molar-refractivity contribution in [3.63, 3.8) is 0 Å². The highest BCUT2D eigenvalue weighted by Gasteiger charge is 2.19. The van der Waals surface area contributed by atoms with Crippen LogP contribution in [0.3, 0.4) is 0 Å². The monoisotopic (exact) mass is 306 g/mol. The number of hydrogen-bond acceptors (Lipinski definition) is 4. The Hall–Kier alpha value is -1.75. The van der Waals surface area contributed by atoms with Crippen molar-refractivity contribution in [3.8, 4) is 11.5 Å². The molecular formula is C17H26N2O3. The molecule has 5 heteroatoms. The molecule has 1 aliphatic carbocycles. The second kappa shape index (κ2) is 8.03. The molecule has 0 atom stereocenters. The molecule has 122 valence electrons. The third kappa shape index (κ3) is 4.13. The molecule has 1 aliphatic rings. The van der Waals surface area contributed by atoms with Crippen LogP contribution in [0.15, 0.2) is 18.2 Å². The van der Waals surface area contributed by atoms with E-state index < -0.39 is 0 Å². The van der Waals surface area contributed by atoms with Crippen molar-refractivity contribution in [2.45, 2.75) is 31.7 Å². The fraction of sp³-hybridized carbons (Fsp3) is 0.588. The molecule has 0 bridgehead atoms. The molecule has 1 aromatic carbocycles. The van der Waals surface area contributed by atoms with E-state index in [1.807, 2.05) is 0 Å². The summed E-state index contributed by atoms with van der Waals surface area (Å²) in [6.45, 7) is 1.51. The fourth-order valence-electron chi connectivity index (χ4n) is 2.95. The van der Waals surface area contributed by atoms with E-state index in [0.29, 0.717) is 29.6 Å². The van der Waals surface area contributed by atoms with Crippen molar-refractivity contribution < 1.29 is 14.3 Å². The van der Waals surface area contributed by atoms with Crippen LogP contribution in [0.4, 0.5) is 0 Å². The molecule has 2 rings (SSSR count). The Morgan fingerprint density at radius 3 is 2.64 bits per heavy atom. The average molecular weight is 306 g/mol. The number of hydrogen-bond donors (Lipinski definition) is 1. The SMILES string of the molecule is COc1ccc(C(=O)NCCN(C)C2CCCC2)c(OC)c1. The molecule has 0 heterocycles. The second-order valence-electron chi connectivity index (χ2n) is 5.74. The lowest BCUT2D eigenvalue weighted by atomic mass is 10.1. The lowest BCUT2D eigenvalue weighted by Crippen LogP contribution is -2.37. The summed E-state index contributed by atoms with van der Waals surface area (Å²) in [5.74, 6) is 1.09. The van der Waals surface area contributed by atoms with Gasteiger partial charge in [0.1, 0.15) is 11.5 Å². The zero-order valence-electron chi connectivity index (χ0n) is 13.7. The zero-order chi connectivity index (χ0) is 15.9. The predicted octanol–water partition coefficient (Wildman–Crippen LogP) is 2.31. The summed E-state index contributed by atoms with van der Waals surface area (Å²) in [5.41, 5.74) is 0.534. The number of carbonyl (C=O) groups excluding carboxylic acids is 1. The van der Waals surface area contributed by atoms with Crippen LogP contribution in [-0.4, -0.2) is 51.2 Å². The molecule has 0 saturated heterocycles. The maximum Gasteiger partial charge on any atom is 0.255 e. The molecule has 1 fully saturated rings. The zero-order valence-corrected chi connectivity index (χ0v) is 13.7. The number of nitrogens with one attached hydrogen (secondary N) is 1. The molecule has 1 saturated carbocycles. The number of likely N-dealkylation sites (N-methyl/N-ethyl adjacent to an activating group) is 1. The third-order valence-electron chi connectivity index (χ3n) is 4.35. The number of ether oxygens (including phenoxy) is 2. The topological polar surface area (TPSA) is 50.8 Å². The average Bonchev–Trinajstić information content (AvgIpc) is 3.08. The van der Waals surface area contributed by atoms with Gasteiger partial charge in [-0.3, -0.25) is 4.79 Å². The summed E-state index contributed by atoms with van der Waals surface area (Å²) >= 11 is 0. The van der Waals surface area contributed by atoms with Crippen LogP contribution in [0.5, 0.6) is 11.5 Å². The Morgan fingerprint density at radius 1 is 1.27 bits per heavy atom. The lowest BCUT2D eigenvalue weighted by Gasteiger charge is -2.24. The summed E-state index contributed by atoms with van der Waals surface area (Å²) in [6, 6.07) is 5.89. The molecule has 0 unspecified atom stereocenters.